The van der Waals surface area contributed by atoms with E-state index in [1.165, 1.54) is 29.2 Å². The molecular weight excluding hydrogens is 422 g/mol. The van der Waals surface area contributed by atoms with Gasteiger partial charge in [0.15, 0.2) is 0 Å². The van der Waals surface area contributed by atoms with E-state index in [0.29, 0.717) is 6.61 Å². The number of carbonyl (C=O) groups is 3. The van der Waals surface area contributed by atoms with Crippen LogP contribution >= 0.6 is 0 Å². The summed E-state index contributed by atoms with van der Waals surface area (Å²) in [5, 5.41) is 5.11. The highest BCUT2D eigenvalue weighted by Crippen LogP contribution is 2.29. The van der Waals surface area contributed by atoms with Gasteiger partial charge in [-0.25, -0.2) is 18.5 Å². The average Bonchev–Trinajstić information content (AvgIpc) is 3.25. The number of benzene rings is 1. The molecule has 10 heteroatoms. The number of sulfonamides is 1. The third-order valence-corrected chi connectivity index (χ3v) is 6.28. The summed E-state index contributed by atoms with van der Waals surface area (Å²) in [5.74, 6) is -1.14. The van der Waals surface area contributed by atoms with Gasteiger partial charge in [0.1, 0.15) is 6.04 Å². The van der Waals surface area contributed by atoms with Crippen molar-refractivity contribution >= 4 is 33.4 Å². The highest BCUT2D eigenvalue weighted by molar-refractivity contribution is 7.89. The Morgan fingerprint density at radius 2 is 1.87 bits per heavy atom. The number of hydrogen-bond donors (Lipinski definition) is 1. The number of rotatable bonds is 6. The maximum atomic E-state index is 13.2. The minimum Gasteiger partial charge on any atom is -0.376 e. The third-order valence-electron chi connectivity index (χ3n) is 5.35. The Kier molecular flexibility index (Phi) is 6.54. The van der Waals surface area contributed by atoms with Crippen molar-refractivity contribution in [2.24, 2.45) is 10.6 Å². The van der Waals surface area contributed by atoms with Crippen LogP contribution in [0.5, 0.6) is 0 Å². The number of nitrogens with zero attached hydrogens (tertiary/aromatic N) is 2. The van der Waals surface area contributed by atoms with Gasteiger partial charge in [0.05, 0.1) is 23.1 Å². The van der Waals surface area contributed by atoms with E-state index in [-0.39, 0.29) is 47.4 Å². The predicted molar refractivity (Wildman–Crippen MR) is 113 cm³/mol. The van der Waals surface area contributed by atoms with E-state index >= 15 is 0 Å². The average molecular weight is 452 g/mol. The van der Waals surface area contributed by atoms with Gasteiger partial charge in [-0.1, -0.05) is 20.8 Å². The molecule has 3 amide bonds. The van der Waals surface area contributed by atoms with Crippen molar-refractivity contribution in [1.29, 1.82) is 0 Å². The van der Waals surface area contributed by atoms with E-state index in [0.717, 1.165) is 17.7 Å². The van der Waals surface area contributed by atoms with Crippen LogP contribution in [0.1, 0.15) is 46.5 Å². The Balaban J connectivity index is 1.85. The first-order valence-electron chi connectivity index (χ1n) is 10.3. The van der Waals surface area contributed by atoms with Gasteiger partial charge in [-0.15, -0.1) is 0 Å². The first-order chi connectivity index (χ1) is 14.4. The molecule has 0 aromatic heterocycles. The van der Waals surface area contributed by atoms with Gasteiger partial charge >= 0.3 is 0 Å². The number of imide groups is 1. The molecule has 2 heterocycles. The monoisotopic (exact) mass is 451 g/mol. The Bertz CT molecular complexity index is 962. The van der Waals surface area contributed by atoms with Crippen molar-refractivity contribution in [2.45, 2.75) is 63.5 Å². The van der Waals surface area contributed by atoms with Crippen molar-refractivity contribution in [3.8, 4) is 0 Å². The predicted octanol–water partition coefficient (Wildman–Crippen LogP) is 1.41. The molecule has 9 nitrogen and oxygen atoms in total. The van der Waals surface area contributed by atoms with Crippen LogP contribution in [0.3, 0.4) is 0 Å². The van der Waals surface area contributed by atoms with Gasteiger partial charge in [-0.2, -0.15) is 0 Å². The zero-order valence-corrected chi connectivity index (χ0v) is 18.9. The third kappa shape index (κ3) is 5.50. The van der Waals surface area contributed by atoms with Crippen LogP contribution in [-0.2, 0) is 29.1 Å². The van der Waals surface area contributed by atoms with Gasteiger partial charge in [-0.3, -0.25) is 14.4 Å². The topological polar surface area (TPSA) is 127 Å². The minimum atomic E-state index is -3.89. The second-order valence-electron chi connectivity index (χ2n) is 9.24. The van der Waals surface area contributed by atoms with E-state index < -0.39 is 27.9 Å². The number of primary sulfonamides is 1. The zero-order chi connectivity index (χ0) is 23.0. The smallest absolute Gasteiger partial charge is 0.257 e. The molecule has 2 atom stereocenters. The van der Waals surface area contributed by atoms with Crippen LogP contribution in [0, 0.1) is 5.41 Å². The van der Waals surface area contributed by atoms with Crippen LogP contribution < -0.4 is 10.0 Å². The van der Waals surface area contributed by atoms with Gasteiger partial charge in [0, 0.05) is 19.6 Å². The maximum absolute atomic E-state index is 13.2. The van der Waals surface area contributed by atoms with Crippen LogP contribution in [0.25, 0.3) is 0 Å². The first-order valence-corrected chi connectivity index (χ1v) is 11.8. The van der Waals surface area contributed by atoms with Crippen LogP contribution in [0.2, 0.25) is 0 Å². The molecule has 2 saturated heterocycles. The molecule has 0 saturated carbocycles. The lowest BCUT2D eigenvalue weighted by molar-refractivity contribution is -0.141. The van der Waals surface area contributed by atoms with Crippen molar-refractivity contribution in [3.05, 3.63) is 24.3 Å². The largest absolute Gasteiger partial charge is 0.376 e. The summed E-state index contributed by atoms with van der Waals surface area (Å²) in [7, 11) is -3.89. The number of amides is 3. The molecule has 1 aromatic rings. The molecule has 2 unspecified atom stereocenters. The van der Waals surface area contributed by atoms with Crippen molar-refractivity contribution in [1.82, 2.24) is 4.90 Å². The summed E-state index contributed by atoms with van der Waals surface area (Å²) in [6.45, 7) is 6.70. The highest BCUT2D eigenvalue weighted by Gasteiger charge is 2.45. The second-order valence-corrected chi connectivity index (χ2v) is 10.8. The lowest BCUT2D eigenvalue weighted by Gasteiger charge is -2.32. The lowest BCUT2D eigenvalue weighted by atomic mass is 9.91. The summed E-state index contributed by atoms with van der Waals surface area (Å²) in [4.78, 5) is 41.4. The summed E-state index contributed by atoms with van der Waals surface area (Å²) in [6.07, 6.45) is 1.65. The maximum Gasteiger partial charge on any atom is 0.257 e. The standard InChI is InChI=1S/C21H29N3O6S/c1-21(2,3)12-19(26)23(13-15-5-4-10-30-15)17-11-18(25)24(20(17)27)14-6-8-16(9-7-14)31(22,28)29/h6-9,15,17H,4-5,10-13H2,1-3H3,(H2,22,28,29). The molecule has 3 rings (SSSR count). The number of anilines is 1. The quantitative estimate of drug-likeness (QED) is 0.652. The highest BCUT2D eigenvalue weighted by atomic mass is 32.2. The SMILES string of the molecule is CC(C)(C)CC(=O)N(CC1CCCO1)C1CC(=O)N(c2ccc(S(N)(=O)=O)cc2)C1=O. The van der Waals surface area contributed by atoms with E-state index in [4.69, 9.17) is 9.88 Å². The number of carbonyl (C=O) groups excluding carboxylic acids is 3. The molecule has 31 heavy (non-hydrogen) atoms. The minimum absolute atomic E-state index is 0.118. The molecule has 2 fully saturated rings. The van der Waals surface area contributed by atoms with Crippen molar-refractivity contribution in [2.75, 3.05) is 18.1 Å². The zero-order valence-electron chi connectivity index (χ0n) is 18.0. The number of ether oxygens (including phenoxy) is 1. The number of nitrogens with two attached hydrogens (primary N) is 1. The van der Waals surface area contributed by atoms with Gasteiger partial charge in [0.25, 0.3) is 5.91 Å². The number of hydrogen-bond acceptors (Lipinski definition) is 6. The van der Waals surface area contributed by atoms with E-state index in [1.807, 2.05) is 20.8 Å². The molecule has 0 bridgehead atoms. The first kappa shape index (κ1) is 23.4. The van der Waals surface area contributed by atoms with Gasteiger partial charge in [0.2, 0.25) is 21.8 Å². The van der Waals surface area contributed by atoms with Gasteiger partial charge < -0.3 is 9.64 Å². The van der Waals surface area contributed by atoms with Crippen LogP contribution in [0.4, 0.5) is 5.69 Å². The summed E-state index contributed by atoms with van der Waals surface area (Å²) < 4.78 is 28.6. The van der Waals surface area contributed by atoms with E-state index in [9.17, 15) is 22.8 Å². The molecular formula is C21H29N3O6S. The Morgan fingerprint density at radius 1 is 1.23 bits per heavy atom. The fourth-order valence-corrected chi connectivity index (χ4v) is 4.40. The molecule has 1 aromatic carbocycles. The normalized spacial score (nSPS) is 22.3. The molecule has 2 N–H and O–H groups in total. The van der Waals surface area contributed by atoms with Crippen LogP contribution in [0.15, 0.2) is 29.2 Å². The molecule has 2 aliphatic heterocycles. The van der Waals surface area contributed by atoms with Crippen molar-refractivity contribution in [3.63, 3.8) is 0 Å². The van der Waals surface area contributed by atoms with Gasteiger partial charge in [-0.05, 0) is 42.5 Å². The summed E-state index contributed by atoms with van der Waals surface area (Å²) in [5.41, 5.74) is -0.0361. The fraction of sp³-hybridized carbons (Fsp3) is 0.571. The molecule has 0 spiro atoms. The second kappa shape index (κ2) is 8.68. The van der Waals surface area contributed by atoms with E-state index in [1.54, 1.807) is 0 Å². The summed E-state index contributed by atoms with van der Waals surface area (Å²) in [6, 6.07) is 4.30. The molecule has 0 aliphatic carbocycles. The fourth-order valence-electron chi connectivity index (χ4n) is 3.88. The van der Waals surface area contributed by atoms with Crippen molar-refractivity contribution < 1.29 is 27.5 Å². The Labute approximate surface area is 182 Å². The molecule has 2 aliphatic rings. The Morgan fingerprint density at radius 3 is 2.39 bits per heavy atom. The van der Waals surface area contributed by atoms with Crippen LogP contribution in [-0.4, -0.2) is 56.3 Å². The van der Waals surface area contributed by atoms with E-state index in [2.05, 4.69) is 0 Å². The lowest BCUT2D eigenvalue weighted by Crippen LogP contribution is -2.49. The Hall–Kier alpha value is -2.30. The summed E-state index contributed by atoms with van der Waals surface area (Å²) >= 11 is 0. The molecule has 0 radical (unpaired) electrons. The molecule has 170 valence electrons.